The lowest BCUT2D eigenvalue weighted by Crippen LogP contribution is -2.02. The number of hydrogen-bond acceptors (Lipinski definition) is 5. The molecule has 0 aliphatic rings. The number of benzene rings is 2. The van der Waals surface area contributed by atoms with Gasteiger partial charge in [-0.2, -0.15) is 0 Å². The number of ether oxygens (including phenoxy) is 3. The van der Waals surface area contributed by atoms with Crippen LogP contribution in [-0.4, -0.2) is 26.5 Å². The second-order valence-corrected chi connectivity index (χ2v) is 5.76. The minimum atomic E-state index is -0.227. The third-order valence-electron chi connectivity index (χ3n) is 3.91. The highest BCUT2D eigenvalue weighted by atomic mass is 16.5. The molecule has 0 saturated carbocycles. The molecule has 0 unspecified atom stereocenters. The number of hydrogen-bond donors (Lipinski definition) is 0. The highest BCUT2D eigenvalue weighted by molar-refractivity contribution is 5.80. The Morgan fingerprint density at radius 1 is 1.08 bits per heavy atom. The van der Waals surface area contributed by atoms with Crippen molar-refractivity contribution in [2.45, 2.75) is 26.7 Å². The summed E-state index contributed by atoms with van der Waals surface area (Å²) in [6, 6.07) is 9.10. The van der Waals surface area contributed by atoms with Crippen LogP contribution in [0.15, 0.2) is 30.3 Å². The van der Waals surface area contributed by atoms with Crippen LogP contribution in [0.5, 0.6) is 17.2 Å². The third-order valence-corrected chi connectivity index (χ3v) is 3.91. The van der Waals surface area contributed by atoms with Gasteiger partial charge in [-0.3, -0.25) is 9.59 Å². The van der Waals surface area contributed by atoms with E-state index in [-0.39, 0.29) is 5.97 Å². The van der Waals surface area contributed by atoms with Gasteiger partial charge < -0.3 is 14.2 Å². The first-order chi connectivity index (χ1) is 12.0. The summed E-state index contributed by atoms with van der Waals surface area (Å²) in [5.41, 5.74) is 3.41. The standard InChI is InChI=1S/C20H22O5/c1-13-9-15(5-8-19(22)24-4)10-14(2)20(13)25-17-6-7-18(23-3)16(11-17)12-21/h6-7,9-12H,5,8H2,1-4H3. The second-order valence-electron chi connectivity index (χ2n) is 5.76. The smallest absolute Gasteiger partial charge is 0.305 e. The topological polar surface area (TPSA) is 61.8 Å². The quantitative estimate of drug-likeness (QED) is 0.562. The summed E-state index contributed by atoms with van der Waals surface area (Å²) in [4.78, 5) is 22.4. The molecule has 5 nitrogen and oxygen atoms in total. The Hall–Kier alpha value is -2.82. The number of aryl methyl sites for hydroxylation is 3. The monoisotopic (exact) mass is 342 g/mol. The van der Waals surface area contributed by atoms with E-state index in [1.165, 1.54) is 14.2 Å². The second kappa shape index (κ2) is 8.33. The fourth-order valence-electron chi connectivity index (χ4n) is 2.68. The molecule has 5 heteroatoms. The van der Waals surface area contributed by atoms with E-state index in [0.29, 0.717) is 29.9 Å². The Morgan fingerprint density at radius 3 is 2.32 bits per heavy atom. The highest BCUT2D eigenvalue weighted by Crippen LogP contribution is 2.32. The van der Waals surface area contributed by atoms with Gasteiger partial charge in [0, 0.05) is 6.42 Å². The fraction of sp³-hybridized carbons (Fsp3) is 0.300. The van der Waals surface area contributed by atoms with Gasteiger partial charge in [0.25, 0.3) is 0 Å². The zero-order chi connectivity index (χ0) is 18.4. The van der Waals surface area contributed by atoms with Crippen molar-refractivity contribution < 1.29 is 23.8 Å². The van der Waals surface area contributed by atoms with Crippen LogP contribution in [0.25, 0.3) is 0 Å². The maximum absolute atomic E-state index is 11.3. The van der Waals surface area contributed by atoms with Crippen LogP contribution in [0.1, 0.15) is 33.5 Å². The van der Waals surface area contributed by atoms with E-state index >= 15 is 0 Å². The summed E-state index contributed by atoms with van der Waals surface area (Å²) < 4.78 is 15.8. The first-order valence-corrected chi connectivity index (χ1v) is 7.96. The van der Waals surface area contributed by atoms with Crippen molar-refractivity contribution in [1.82, 2.24) is 0 Å². The molecular formula is C20H22O5. The molecule has 2 aromatic rings. The molecule has 2 aromatic carbocycles. The van der Waals surface area contributed by atoms with Gasteiger partial charge in [-0.25, -0.2) is 0 Å². The van der Waals surface area contributed by atoms with E-state index in [4.69, 9.17) is 9.47 Å². The lowest BCUT2D eigenvalue weighted by atomic mass is 10.0. The number of carbonyl (C=O) groups is 2. The van der Waals surface area contributed by atoms with Gasteiger partial charge in [0.05, 0.1) is 19.8 Å². The summed E-state index contributed by atoms with van der Waals surface area (Å²) >= 11 is 0. The molecule has 0 aromatic heterocycles. The van der Waals surface area contributed by atoms with Gasteiger partial charge in [-0.1, -0.05) is 12.1 Å². The molecular weight excluding hydrogens is 320 g/mol. The van der Waals surface area contributed by atoms with E-state index in [1.54, 1.807) is 18.2 Å². The van der Waals surface area contributed by atoms with Crippen LogP contribution in [0, 0.1) is 13.8 Å². The summed E-state index contributed by atoms with van der Waals surface area (Å²) in [5, 5.41) is 0. The zero-order valence-electron chi connectivity index (χ0n) is 14.9. The van der Waals surface area contributed by atoms with Crippen LogP contribution in [-0.2, 0) is 16.0 Å². The molecule has 0 heterocycles. The number of rotatable bonds is 7. The lowest BCUT2D eigenvalue weighted by molar-refractivity contribution is -0.140. The number of esters is 1. The van der Waals surface area contributed by atoms with Gasteiger partial charge in [-0.05, 0) is 55.2 Å². The Kier molecular flexibility index (Phi) is 6.17. The molecule has 2 rings (SSSR count). The van der Waals surface area contributed by atoms with E-state index in [9.17, 15) is 9.59 Å². The van der Waals surface area contributed by atoms with Crippen LogP contribution < -0.4 is 9.47 Å². The molecule has 0 atom stereocenters. The predicted octanol–water partition coefficient (Wildman–Crippen LogP) is 4.02. The molecule has 0 amide bonds. The van der Waals surface area contributed by atoms with E-state index in [1.807, 2.05) is 26.0 Å². The summed E-state index contributed by atoms with van der Waals surface area (Å²) in [5.74, 6) is 1.59. The molecule has 132 valence electrons. The maximum Gasteiger partial charge on any atom is 0.305 e. The largest absolute Gasteiger partial charge is 0.496 e. The van der Waals surface area contributed by atoms with Crippen molar-refractivity contribution in [1.29, 1.82) is 0 Å². The number of methoxy groups -OCH3 is 2. The normalized spacial score (nSPS) is 10.2. The Labute approximate surface area is 147 Å². The Morgan fingerprint density at radius 2 is 1.76 bits per heavy atom. The van der Waals surface area contributed by atoms with Crippen molar-refractivity contribution in [2.75, 3.05) is 14.2 Å². The Balaban J connectivity index is 2.22. The van der Waals surface area contributed by atoms with Crippen LogP contribution in [0.4, 0.5) is 0 Å². The number of carbonyl (C=O) groups excluding carboxylic acids is 2. The minimum absolute atomic E-state index is 0.227. The van der Waals surface area contributed by atoms with E-state index in [0.717, 1.165) is 28.7 Å². The average Bonchev–Trinajstić information content (AvgIpc) is 2.62. The van der Waals surface area contributed by atoms with Gasteiger partial charge in [0.1, 0.15) is 17.2 Å². The summed E-state index contributed by atoms with van der Waals surface area (Å²) in [6.07, 6.45) is 1.70. The Bertz CT molecular complexity index is 757. The summed E-state index contributed by atoms with van der Waals surface area (Å²) in [7, 11) is 2.91. The highest BCUT2D eigenvalue weighted by Gasteiger charge is 2.11. The molecule has 0 N–H and O–H groups in total. The molecule has 0 radical (unpaired) electrons. The SMILES string of the molecule is COC(=O)CCc1cc(C)c(Oc2ccc(OC)c(C=O)c2)c(C)c1. The molecule has 25 heavy (non-hydrogen) atoms. The van der Waals surface area contributed by atoms with E-state index < -0.39 is 0 Å². The van der Waals surface area contributed by atoms with Crippen LogP contribution in [0.3, 0.4) is 0 Å². The number of aldehydes is 1. The van der Waals surface area contributed by atoms with Crippen LogP contribution >= 0.6 is 0 Å². The molecule has 0 saturated heterocycles. The first-order valence-electron chi connectivity index (χ1n) is 7.96. The minimum Gasteiger partial charge on any atom is -0.496 e. The molecule has 0 aliphatic heterocycles. The lowest BCUT2D eigenvalue weighted by Gasteiger charge is -2.15. The van der Waals surface area contributed by atoms with Crippen molar-refractivity contribution in [2.24, 2.45) is 0 Å². The van der Waals surface area contributed by atoms with Gasteiger partial charge in [-0.15, -0.1) is 0 Å². The van der Waals surface area contributed by atoms with Gasteiger partial charge in [0.15, 0.2) is 6.29 Å². The van der Waals surface area contributed by atoms with Gasteiger partial charge in [0.2, 0.25) is 0 Å². The van der Waals surface area contributed by atoms with E-state index in [2.05, 4.69) is 4.74 Å². The van der Waals surface area contributed by atoms with Crippen molar-refractivity contribution in [3.63, 3.8) is 0 Å². The van der Waals surface area contributed by atoms with Crippen molar-refractivity contribution in [3.8, 4) is 17.2 Å². The first kappa shape index (κ1) is 18.5. The van der Waals surface area contributed by atoms with Gasteiger partial charge >= 0.3 is 5.97 Å². The molecule has 0 fully saturated rings. The third kappa shape index (κ3) is 4.59. The maximum atomic E-state index is 11.3. The van der Waals surface area contributed by atoms with Crippen LogP contribution in [0.2, 0.25) is 0 Å². The fourth-order valence-corrected chi connectivity index (χ4v) is 2.68. The van der Waals surface area contributed by atoms with Crippen molar-refractivity contribution in [3.05, 3.63) is 52.6 Å². The van der Waals surface area contributed by atoms with Crippen molar-refractivity contribution >= 4 is 12.3 Å². The molecule has 0 aliphatic carbocycles. The summed E-state index contributed by atoms with van der Waals surface area (Å²) in [6.45, 7) is 3.91. The molecule has 0 spiro atoms. The predicted molar refractivity (Wildman–Crippen MR) is 94.7 cm³/mol. The zero-order valence-corrected chi connectivity index (χ0v) is 14.9. The molecule has 0 bridgehead atoms. The average molecular weight is 342 g/mol.